The second kappa shape index (κ2) is 8.85. The first-order valence-corrected chi connectivity index (χ1v) is 8.60. The van der Waals surface area contributed by atoms with Gasteiger partial charge >= 0.3 is 0 Å². The fourth-order valence-corrected chi connectivity index (χ4v) is 2.41. The van der Waals surface area contributed by atoms with Gasteiger partial charge in [-0.15, -0.1) is 0 Å². The number of halogens is 1. The van der Waals surface area contributed by atoms with E-state index < -0.39 is 17.8 Å². The molecule has 27 heavy (non-hydrogen) atoms. The van der Waals surface area contributed by atoms with Gasteiger partial charge in [0.05, 0.1) is 5.69 Å². The number of nitrogens with one attached hydrogen (secondary N) is 1. The van der Waals surface area contributed by atoms with Crippen LogP contribution in [-0.4, -0.2) is 12.0 Å². The molecule has 3 aromatic rings. The molecule has 0 bridgehead atoms. The summed E-state index contributed by atoms with van der Waals surface area (Å²) in [6.45, 7) is 2.08. The van der Waals surface area contributed by atoms with E-state index in [0.717, 1.165) is 5.56 Å². The molecule has 0 saturated heterocycles. The standard InChI is InChI=1S/C22H20FNO3/c1-16(22(25)24-21-10-6-5-9-20(21)23)27-19-13-11-18(12-14-19)26-15-17-7-3-2-4-8-17/h2-14,16H,15H2,1H3,(H,24,25). The van der Waals surface area contributed by atoms with Gasteiger partial charge in [-0.1, -0.05) is 42.5 Å². The molecule has 0 heterocycles. The number of rotatable bonds is 7. The Kier molecular flexibility index (Phi) is 6.05. The molecule has 1 unspecified atom stereocenters. The van der Waals surface area contributed by atoms with Gasteiger partial charge in [-0.25, -0.2) is 4.39 Å². The van der Waals surface area contributed by atoms with Crippen LogP contribution in [0.15, 0.2) is 78.9 Å². The van der Waals surface area contributed by atoms with Crippen LogP contribution < -0.4 is 14.8 Å². The molecule has 0 spiro atoms. The second-order valence-corrected chi connectivity index (χ2v) is 5.97. The van der Waals surface area contributed by atoms with Gasteiger partial charge in [0, 0.05) is 0 Å². The third-order valence-corrected chi connectivity index (χ3v) is 3.89. The molecule has 3 aromatic carbocycles. The number of anilines is 1. The zero-order valence-corrected chi connectivity index (χ0v) is 14.9. The minimum Gasteiger partial charge on any atom is -0.489 e. The molecule has 3 rings (SSSR count). The first-order valence-electron chi connectivity index (χ1n) is 8.60. The molecular formula is C22H20FNO3. The summed E-state index contributed by atoms with van der Waals surface area (Å²) in [7, 11) is 0. The van der Waals surface area contributed by atoms with Crippen molar-refractivity contribution in [3.8, 4) is 11.5 Å². The van der Waals surface area contributed by atoms with Crippen molar-refractivity contribution in [3.63, 3.8) is 0 Å². The third kappa shape index (κ3) is 5.31. The molecule has 1 atom stereocenters. The first kappa shape index (κ1) is 18.5. The third-order valence-electron chi connectivity index (χ3n) is 3.89. The lowest BCUT2D eigenvalue weighted by Gasteiger charge is -2.15. The van der Waals surface area contributed by atoms with Crippen molar-refractivity contribution in [1.29, 1.82) is 0 Å². The Morgan fingerprint density at radius 3 is 2.26 bits per heavy atom. The Bertz CT molecular complexity index is 882. The lowest BCUT2D eigenvalue weighted by molar-refractivity contribution is -0.122. The molecule has 138 valence electrons. The second-order valence-electron chi connectivity index (χ2n) is 5.97. The van der Waals surface area contributed by atoms with Crippen LogP contribution in [0.5, 0.6) is 11.5 Å². The molecule has 5 heteroatoms. The Balaban J connectivity index is 1.52. The van der Waals surface area contributed by atoms with Crippen LogP contribution >= 0.6 is 0 Å². The van der Waals surface area contributed by atoms with Crippen molar-refractivity contribution in [3.05, 3.63) is 90.2 Å². The summed E-state index contributed by atoms with van der Waals surface area (Å²) >= 11 is 0. The van der Waals surface area contributed by atoms with E-state index in [9.17, 15) is 9.18 Å². The highest BCUT2D eigenvalue weighted by atomic mass is 19.1. The van der Waals surface area contributed by atoms with E-state index in [1.165, 1.54) is 12.1 Å². The van der Waals surface area contributed by atoms with E-state index in [-0.39, 0.29) is 5.69 Å². The van der Waals surface area contributed by atoms with Crippen molar-refractivity contribution in [2.45, 2.75) is 19.6 Å². The van der Waals surface area contributed by atoms with E-state index in [0.29, 0.717) is 18.1 Å². The molecule has 0 aromatic heterocycles. The van der Waals surface area contributed by atoms with Crippen LogP contribution in [0.2, 0.25) is 0 Å². The number of benzene rings is 3. The molecule has 1 amide bonds. The molecule has 4 nitrogen and oxygen atoms in total. The lowest BCUT2D eigenvalue weighted by Crippen LogP contribution is -2.30. The maximum Gasteiger partial charge on any atom is 0.265 e. The summed E-state index contributed by atoms with van der Waals surface area (Å²) in [4.78, 5) is 12.2. The van der Waals surface area contributed by atoms with Crippen LogP contribution in [0.4, 0.5) is 10.1 Å². The highest BCUT2D eigenvalue weighted by Crippen LogP contribution is 2.20. The van der Waals surface area contributed by atoms with Crippen LogP contribution in [-0.2, 0) is 11.4 Å². The van der Waals surface area contributed by atoms with Gasteiger partial charge in [-0.3, -0.25) is 4.79 Å². The fraction of sp³-hybridized carbons (Fsp3) is 0.136. The monoisotopic (exact) mass is 365 g/mol. The Hall–Kier alpha value is -3.34. The predicted molar refractivity (Wildman–Crippen MR) is 102 cm³/mol. The van der Waals surface area contributed by atoms with Crippen molar-refractivity contribution < 1.29 is 18.7 Å². The first-order chi connectivity index (χ1) is 13.1. The number of hydrogen-bond acceptors (Lipinski definition) is 3. The number of hydrogen-bond donors (Lipinski definition) is 1. The molecule has 0 aliphatic carbocycles. The normalized spacial score (nSPS) is 11.5. The molecule has 0 radical (unpaired) electrons. The number of carbonyl (C=O) groups is 1. The predicted octanol–water partition coefficient (Wildman–Crippen LogP) is 4.81. The van der Waals surface area contributed by atoms with Crippen molar-refractivity contribution in [2.24, 2.45) is 0 Å². The molecule has 0 aliphatic heterocycles. The van der Waals surface area contributed by atoms with E-state index >= 15 is 0 Å². The Labute approximate surface area is 157 Å². The molecule has 0 fully saturated rings. The summed E-state index contributed by atoms with van der Waals surface area (Å²) in [5.41, 5.74) is 1.21. The molecule has 0 saturated carbocycles. The summed E-state index contributed by atoms with van der Waals surface area (Å²) in [6, 6.07) is 22.9. The van der Waals surface area contributed by atoms with Gasteiger partial charge in [0.15, 0.2) is 6.10 Å². The van der Waals surface area contributed by atoms with Crippen LogP contribution in [0.25, 0.3) is 0 Å². The van der Waals surface area contributed by atoms with E-state index in [2.05, 4.69) is 5.32 Å². The smallest absolute Gasteiger partial charge is 0.265 e. The van der Waals surface area contributed by atoms with E-state index in [1.807, 2.05) is 30.3 Å². The average molecular weight is 365 g/mol. The van der Waals surface area contributed by atoms with Crippen molar-refractivity contribution >= 4 is 11.6 Å². The SMILES string of the molecule is CC(Oc1ccc(OCc2ccccc2)cc1)C(=O)Nc1ccccc1F. The lowest BCUT2D eigenvalue weighted by atomic mass is 10.2. The minimum atomic E-state index is -0.777. The Morgan fingerprint density at radius 1 is 0.926 bits per heavy atom. The average Bonchev–Trinajstić information content (AvgIpc) is 2.70. The summed E-state index contributed by atoms with van der Waals surface area (Å²) in [5.74, 6) is 0.315. The van der Waals surface area contributed by atoms with Gasteiger partial charge in [-0.05, 0) is 48.9 Å². The zero-order chi connectivity index (χ0) is 19.1. The molecular weight excluding hydrogens is 345 g/mol. The van der Waals surface area contributed by atoms with Gasteiger partial charge in [0.1, 0.15) is 23.9 Å². The van der Waals surface area contributed by atoms with Gasteiger partial charge in [0.25, 0.3) is 5.91 Å². The highest BCUT2D eigenvalue weighted by Gasteiger charge is 2.16. The number of ether oxygens (including phenoxy) is 2. The fourth-order valence-electron chi connectivity index (χ4n) is 2.41. The largest absolute Gasteiger partial charge is 0.489 e. The van der Waals surface area contributed by atoms with E-state index in [4.69, 9.17) is 9.47 Å². The minimum absolute atomic E-state index is 0.127. The highest BCUT2D eigenvalue weighted by molar-refractivity contribution is 5.94. The quantitative estimate of drug-likeness (QED) is 0.654. The maximum atomic E-state index is 13.6. The van der Waals surface area contributed by atoms with Gasteiger partial charge in [-0.2, -0.15) is 0 Å². The van der Waals surface area contributed by atoms with Crippen LogP contribution in [0.3, 0.4) is 0 Å². The van der Waals surface area contributed by atoms with Gasteiger partial charge in [0.2, 0.25) is 0 Å². The summed E-state index contributed by atoms with van der Waals surface area (Å²) in [5, 5.41) is 2.52. The van der Waals surface area contributed by atoms with Crippen LogP contribution in [0.1, 0.15) is 12.5 Å². The van der Waals surface area contributed by atoms with Crippen molar-refractivity contribution in [1.82, 2.24) is 0 Å². The topological polar surface area (TPSA) is 47.6 Å². The number of para-hydroxylation sites is 1. The number of amides is 1. The van der Waals surface area contributed by atoms with Crippen molar-refractivity contribution in [2.75, 3.05) is 5.32 Å². The van der Waals surface area contributed by atoms with E-state index in [1.54, 1.807) is 43.3 Å². The zero-order valence-electron chi connectivity index (χ0n) is 14.9. The number of carbonyl (C=O) groups excluding carboxylic acids is 1. The molecule has 0 aliphatic rings. The molecule has 1 N–H and O–H groups in total. The maximum absolute atomic E-state index is 13.6. The van der Waals surface area contributed by atoms with Gasteiger partial charge < -0.3 is 14.8 Å². The summed E-state index contributed by atoms with van der Waals surface area (Å²) in [6.07, 6.45) is -0.777. The Morgan fingerprint density at radius 2 is 1.56 bits per heavy atom. The van der Waals surface area contributed by atoms with Crippen LogP contribution in [0, 0.1) is 5.82 Å². The summed E-state index contributed by atoms with van der Waals surface area (Å²) < 4.78 is 24.9.